The highest BCUT2D eigenvalue weighted by Crippen LogP contribution is 2.23. The summed E-state index contributed by atoms with van der Waals surface area (Å²) >= 11 is 0. The molecular formula is C14H18FNO4. The summed E-state index contributed by atoms with van der Waals surface area (Å²) in [7, 11) is 1.45. The molecule has 1 aliphatic rings. The maximum Gasteiger partial charge on any atom is 0.248 e. The van der Waals surface area contributed by atoms with E-state index in [1.165, 1.54) is 25.3 Å². The molecule has 1 heterocycles. The van der Waals surface area contributed by atoms with Gasteiger partial charge in [0.15, 0.2) is 0 Å². The molecule has 5 nitrogen and oxygen atoms in total. The van der Waals surface area contributed by atoms with Crippen molar-refractivity contribution in [2.75, 3.05) is 33.4 Å². The summed E-state index contributed by atoms with van der Waals surface area (Å²) in [6.07, 6.45) is 0.428. The molecule has 0 radical (unpaired) electrons. The third-order valence-corrected chi connectivity index (χ3v) is 3.26. The van der Waals surface area contributed by atoms with Crippen molar-refractivity contribution in [2.45, 2.75) is 12.0 Å². The quantitative estimate of drug-likeness (QED) is 0.869. The Hall–Kier alpha value is -1.66. The van der Waals surface area contributed by atoms with E-state index in [1.54, 1.807) is 11.0 Å². The van der Waals surface area contributed by atoms with E-state index in [0.29, 0.717) is 18.7 Å². The molecule has 6 heteroatoms. The van der Waals surface area contributed by atoms with Crippen LogP contribution < -0.4 is 4.74 Å². The Bertz CT molecular complexity index is 482. The average molecular weight is 283 g/mol. The van der Waals surface area contributed by atoms with Gasteiger partial charge in [-0.2, -0.15) is 0 Å². The van der Waals surface area contributed by atoms with Crippen molar-refractivity contribution in [3.8, 4) is 5.75 Å². The Kier molecular flexibility index (Phi) is 4.57. The smallest absolute Gasteiger partial charge is 0.248 e. The van der Waals surface area contributed by atoms with Crippen LogP contribution in [0, 0.1) is 5.82 Å². The number of rotatable bonds is 5. The number of carbonyl (C=O) groups is 1. The van der Waals surface area contributed by atoms with E-state index in [9.17, 15) is 14.3 Å². The Labute approximate surface area is 116 Å². The molecule has 2 rings (SSSR count). The molecule has 1 N–H and O–H groups in total. The van der Waals surface area contributed by atoms with Gasteiger partial charge in [-0.05, 0) is 18.6 Å². The second kappa shape index (κ2) is 6.19. The van der Waals surface area contributed by atoms with Crippen LogP contribution in [-0.2, 0) is 9.53 Å². The first-order valence-corrected chi connectivity index (χ1v) is 6.40. The van der Waals surface area contributed by atoms with E-state index in [1.807, 2.05) is 0 Å². The number of nitrogens with zero attached hydrogens (tertiary/aromatic N) is 1. The molecule has 0 saturated carbocycles. The first-order valence-electron chi connectivity index (χ1n) is 6.40. The van der Waals surface area contributed by atoms with Gasteiger partial charge in [0.25, 0.3) is 0 Å². The SMILES string of the molecule is COCC(=O)N1CC[C@](O)(COc2cccc(F)c2)C1. The highest BCUT2D eigenvalue weighted by atomic mass is 19.1. The van der Waals surface area contributed by atoms with Crippen LogP contribution in [-0.4, -0.2) is 54.9 Å². The molecule has 0 spiro atoms. The van der Waals surface area contributed by atoms with E-state index in [-0.39, 0.29) is 25.7 Å². The average Bonchev–Trinajstić information content (AvgIpc) is 2.80. The normalized spacial score (nSPS) is 22.1. The Morgan fingerprint density at radius 1 is 1.55 bits per heavy atom. The summed E-state index contributed by atoms with van der Waals surface area (Å²) in [5.74, 6) is -0.188. The number of ether oxygens (including phenoxy) is 2. The van der Waals surface area contributed by atoms with E-state index >= 15 is 0 Å². The van der Waals surface area contributed by atoms with Crippen LogP contribution in [0.3, 0.4) is 0 Å². The van der Waals surface area contributed by atoms with Gasteiger partial charge in [-0.1, -0.05) is 6.07 Å². The van der Waals surface area contributed by atoms with E-state index in [2.05, 4.69) is 0 Å². The second-order valence-electron chi connectivity index (χ2n) is 4.97. The molecule has 0 unspecified atom stereocenters. The number of halogens is 1. The third-order valence-electron chi connectivity index (χ3n) is 3.26. The zero-order chi connectivity index (χ0) is 14.6. The maximum absolute atomic E-state index is 13.0. The number of hydrogen-bond acceptors (Lipinski definition) is 4. The van der Waals surface area contributed by atoms with Crippen LogP contribution in [0.25, 0.3) is 0 Å². The maximum atomic E-state index is 13.0. The predicted molar refractivity (Wildman–Crippen MR) is 69.9 cm³/mol. The van der Waals surface area contributed by atoms with Gasteiger partial charge in [-0.3, -0.25) is 4.79 Å². The lowest BCUT2D eigenvalue weighted by atomic mass is 10.1. The minimum absolute atomic E-state index is 0.000827. The number of amides is 1. The summed E-state index contributed by atoms with van der Waals surface area (Å²) in [4.78, 5) is 13.2. The van der Waals surface area contributed by atoms with Crippen LogP contribution in [0.15, 0.2) is 24.3 Å². The van der Waals surface area contributed by atoms with Crippen molar-refractivity contribution in [2.24, 2.45) is 0 Å². The van der Waals surface area contributed by atoms with Gasteiger partial charge in [0.05, 0.1) is 6.54 Å². The summed E-state index contributed by atoms with van der Waals surface area (Å²) in [5.41, 5.74) is -1.10. The van der Waals surface area contributed by atoms with Crippen LogP contribution >= 0.6 is 0 Å². The Balaban J connectivity index is 1.88. The lowest BCUT2D eigenvalue weighted by molar-refractivity contribution is -0.135. The molecule has 1 amide bonds. The Morgan fingerprint density at radius 2 is 2.35 bits per heavy atom. The first kappa shape index (κ1) is 14.7. The molecule has 1 fully saturated rings. The minimum atomic E-state index is -1.10. The molecule has 20 heavy (non-hydrogen) atoms. The van der Waals surface area contributed by atoms with Crippen LogP contribution in [0.2, 0.25) is 0 Å². The molecule has 0 aromatic heterocycles. The van der Waals surface area contributed by atoms with Crippen molar-refractivity contribution in [3.05, 3.63) is 30.1 Å². The van der Waals surface area contributed by atoms with Crippen molar-refractivity contribution in [1.82, 2.24) is 4.90 Å². The number of benzene rings is 1. The molecule has 0 bridgehead atoms. The molecule has 110 valence electrons. The summed E-state index contributed by atoms with van der Waals surface area (Å²) in [5, 5.41) is 10.4. The zero-order valence-electron chi connectivity index (χ0n) is 11.3. The molecule has 0 aliphatic carbocycles. The van der Waals surface area contributed by atoms with Gasteiger partial charge in [-0.25, -0.2) is 4.39 Å². The van der Waals surface area contributed by atoms with Crippen LogP contribution in [0.5, 0.6) is 5.75 Å². The van der Waals surface area contributed by atoms with E-state index < -0.39 is 11.4 Å². The standard InChI is InChI=1S/C14H18FNO4/c1-19-8-13(17)16-6-5-14(18,9-16)10-20-12-4-2-3-11(15)7-12/h2-4,7,18H,5-6,8-10H2,1H3/t14-/m1/s1. The first-order chi connectivity index (χ1) is 9.52. The fourth-order valence-corrected chi connectivity index (χ4v) is 2.18. The molecular weight excluding hydrogens is 265 g/mol. The number of β-amino-alcohol motifs (C(OH)–C–C–N with tert-alkyl or cyclic N) is 1. The third kappa shape index (κ3) is 3.68. The second-order valence-corrected chi connectivity index (χ2v) is 4.97. The van der Waals surface area contributed by atoms with Crippen LogP contribution in [0.1, 0.15) is 6.42 Å². The van der Waals surface area contributed by atoms with Crippen molar-refractivity contribution >= 4 is 5.91 Å². The zero-order valence-corrected chi connectivity index (χ0v) is 11.3. The molecule has 1 aromatic rings. The van der Waals surface area contributed by atoms with Crippen molar-refractivity contribution in [1.29, 1.82) is 0 Å². The fourth-order valence-electron chi connectivity index (χ4n) is 2.18. The highest BCUT2D eigenvalue weighted by molar-refractivity contribution is 5.77. The van der Waals surface area contributed by atoms with Gasteiger partial charge in [-0.15, -0.1) is 0 Å². The monoisotopic (exact) mass is 283 g/mol. The van der Waals surface area contributed by atoms with Crippen molar-refractivity contribution in [3.63, 3.8) is 0 Å². The molecule has 1 saturated heterocycles. The number of methoxy groups -OCH3 is 1. The van der Waals surface area contributed by atoms with E-state index in [4.69, 9.17) is 9.47 Å². The number of aliphatic hydroxyl groups is 1. The summed E-state index contributed by atoms with van der Waals surface area (Å²) in [6, 6.07) is 5.74. The highest BCUT2D eigenvalue weighted by Gasteiger charge is 2.38. The Morgan fingerprint density at radius 3 is 3.05 bits per heavy atom. The van der Waals surface area contributed by atoms with Crippen LogP contribution in [0.4, 0.5) is 4.39 Å². The lowest BCUT2D eigenvalue weighted by Gasteiger charge is -2.23. The van der Waals surface area contributed by atoms with Gasteiger partial charge in [0.1, 0.15) is 30.4 Å². The topological polar surface area (TPSA) is 59.0 Å². The fraction of sp³-hybridized carbons (Fsp3) is 0.500. The summed E-state index contributed by atoms with van der Waals surface area (Å²) in [6.45, 7) is 0.684. The molecule has 1 aromatic carbocycles. The number of carbonyl (C=O) groups excluding carboxylic acids is 1. The van der Waals surface area contributed by atoms with Gasteiger partial charge in [0.2, 0.25) is 5.91 Å². The molecule has 1 aliphatic heterocycles. The minimum Gasteiger partial charge on any atom is -0.490 e. The largest absolute Gasteiger partial charge is 0.490 e. The summed E-state index contributed by atoms with van der Waals surface area (Å²) < 4.78 is 23.2. The number of hydrogen-bond donors (Lipinski definition) is 1. The molecule has 1 atom stereocenters. The predicted octanol–water partition coefficient (Wildman–Crippen LogP) is 0.814. The van der Waals surface area contributed by atoms with Gasteiger partial charge >= 0.3 is 0 Å². The van der Waals surface area contributed by atoms with E-state index in [0.717, 1.165) is 0 Å². The number of likely N-dealkylation sites (tertiary alicyclic amines) is 1. The van der Waals surface area contributed by atoms with Crippen molar-refractivity contribution < 1.29 is 23.8 Å². The lowest BCUT2D eigenvalue weighted by Crippen LogP contribution is -2.41. The van der Waals surface area contributed by atoms with Gasteiger partial charge < -0.3 is 19.5 Å². The van der Waals surface area contributed by atoms with Gasteiger partial charge in [0, 0.05) is 19.7 Å².